The van der Waals surface area contributed by atoms with Gasteiger partial charge < -0.3 is 0 Å². The van der Waals surface area contributed by atoms with Crippen LogP contribution in [0.1, 0.15) is 53.9 Å². The van der Waals surface area contributed by atoms with Crippen molar-refractivity contribution in [1.82, 2.24) is 5.01 Å². The van der Waals surface area contributed by atoms with Gasteiger partial charge in [-0.25, -0.2) is 5.01 Å². The molecule has 0 spiro atoms. The molecule has 1 atom stereocenters. The first-order valence-corrected chi connectivity index (χ1v) is 6.64. The second-order valence-corrected chi connectivity index (χ2v) is 7.40. The minimum absolute atomic E-state index is 0.0602. The highest BCUT2D eigenvalue weighted by atomic mass is 32.2. The van der Waals surface area contributed by atoms with Gasteiger partial charge in [0.15, 0.2) is 0 Å². The van der Waals surface area contributed by atoms with Crippen molar-refractivity contribution < 1.29 is 4.79 Å². The molecule has 1 amide bonds. The number of thioether (sulfide) groups is 1. The number of rotatable bonds is 0. The summed E-state index contributed by atoms with van der Waals surface area (Å²) in [6.07, 6.45) is 2.72. The van der Waals surface area contributed by atoms with Crippen molar-refractivity contribution in [3.63, 3.8) is 0 Å². The Bertz CT molecular complexity index is 290. The summed E-state index contributed by atoms with van der Waals surface area (Å²) in [5.74, 6) is 0.167. The summed E-state index contributed by atoms with van der Waals surface area (Å²) in [5.41, 5.74) is 2.27. The molecule has 2 rings (SSSR count). The third kappa shape index (κ3) is 3.81. The molecule has 0 N–H and O–H groups in total. The zero-order valence-corrected chi connectivity index (χ0v) is 11.7. The average Bonchev–Trinajstić information content (AvgIpc) is 2.44. The number of piperidine rings is 1. The van der Waals surface area contributed by atoms with Crippen LogP contribution in [-0.2, 0) is 4.79 Å². The molecule has 1 fully saturated rings. The number of fused-ring (bicyclic) bond motifs is 1. The molecule has 1 unspecified atom stereocenters. The van der Waals surface area contributed by atoms with Crippen molar-refractivity contribution in [2.45, 2.75) is 58.8 Å². The van der Waals surface area contributed by atoms with Gasteiger partial charge in [0, 0.05) is 6.42 Å². The molecule has 1 saturated heterocycles. The summed E-state index contributed by atoms with van der Waals surface area (Å²) in [6, 6.07) is 0. The maximum absolute atomic E-state index is 11.3. The predicted octanol–water partition coefficient (Wildman–Crippen LogP) is 3.46. The van der Waals surface area contributed by atoms with Crippen LogP contribution in [0.4, 0.5) is 0 Å². The predicted molar refractivity (Wildman–Crippen MR) is 70.3 cm³/mol. The number of amides is 1. The van der Waals surface area contributed by atoms with E-state index in [4.69, 9.17) is 0 Å². The van der Waals surface area contributed by atoms with Crippen LogP contribution in [0, 0.1) is 5.41 Å². The second kappa shape index (κ2) is 4.78. The fourth-order valence-corrected chi connectivity index (χ4v) is 2.40. The monoisotopic (exact) mass is 242 g/mol. The Morgan fingerprint density at radius 1 is 1.44 bits per heavy atom. The minimum atomic E-state index is -0.0602. The average molecular weight is 242 g/mol. The lowest BCUT2D eigenvalue weighted by atomic mass is 10.0. The van der Waals surface area contributed by atoms with Gasteiger partial charge in [-0.2, -0.15) is 5.10 Å². The van der Waals surface area contributed by atoms with Crippen molar-refractivity contribution in [2.75, 3.05) is 0 Å². The van der Waals surface area contributed by atoms with E-state index < -0.39 is 0 Å². The molecule has 0 aromatic heterocycles. The van der Waals surface area contributed by atoms with Gasteiger partial charge in [0.25, 0.3) is 0 Å². The fraction of sp³-hybridized carbons (Fsp3) is 0.833. The van der Waals surface area contributed by atoms with Gasteiger partial charge >= 0.3 is 0 Å². The summed E-state index contributed by atoms with van der Waals surface area (Å²) in [5, 5.41) is 5.66. The maximum Gasteiger partial charge on any atom is 0.244 e. The van der Waals surface area contributed by atoms with E-state index in [9.17, 15) is 4.79 Å². The number of carbonyl (C=O) groups is 1. The Labute approximate surface area is 103 Å². The maximum atomic E-state index is 11.3. The molecule has 2 aliphatic heterocycles. The third-order valence-corrected chi connectivity index (χ3v) is 3.27. The molecule has 0 aromatic carbocycles. The molecule has 0 radical (unpaired) electrons. The highest BCUT2D eigenvalue weighted by molar-refractivity contribution is 8.13. The normalized spacial score (nSPS) is 28.6. The van der Waals surface area contributed by atoms with Gasteiger partial charge in [-0.15, -0.1) is 0 Å². The first kappa shape index (κ1) is 13.6. The van der Waals surface area contributed by atoms with Crippen LogP contribution in [0.5, 0.6) is 0 Å². The topological polar surface area (TPSA) is 32.7 Å². The van der Waals surface area contributed by atoms with Crippen molar-refractivity contribution in [2.24, 2.45) is 10.5 Å². The molecule has 2 aliphatic rings. The smallest absolute Gasteiger partial charge is 0.244 e. The molecular formula is C12H22N2OS. The molecule has 0 aromatic rings. The Morgan fingerprint density at radius 3 is 2.50 bits per heavy atom. The Balaban J connectivity index is 0.000000221. The van der Waals surface area contributed by atoms with Crippen LogP contribution in [0.25, 0.3) is 0 Å². The van der Waals surface area contributed by atoms with Crippen molar-refractivity contribution >= 4 is 23.2 Å². The number of hydrogen-bond acceptors (Lipinski definition) is 3. The molecule has 2 heterocycles. The molecule has 0 saturated carbocycles. The van der Waals surface area contributed by atoms with Gasteiger partial charge in [0.05, 0.1) is 5.55 Å². The quantitative estimate of drug-likeness (QED) is 0.651. The standard InChI is InChI=1S/C7H10N2OS.C5H12/c1-7-4-2-3-6(10)9(7)8-5-11-7;1-5(2,3)4/h5H,2-4H2,1H3;1-4H3. The van der Waals surface area contributed by atoms with Crippen LogP contribution in [0.3, 0.4) is 0 Å². The van der Waals surface area contributed by atoms with Crippen molar-refractivity contribution in [3.8, 4) is 0 Å². The van der Waals surface area contributed by atoms with Crippen molar-refractivity contribution in [3.05, 3.63) is 0 Å². The number of hydrogen-bond donors (Lipinski definition) is 0. The molecule has 16 heavy (non-hydrogen) atoms. The van der Waals surface area contributed by atoms with Gasteiger partial charge in [0.1, 0.15) is 4.87 Å². The van der Waals surface area contributed by atoms with Gasteiger partial charge in [0.2, 0.25) is 5.91 Å². The molecular weight excluding hydrogens is 220 g/mol. The number of hydrazone groups is 1. The first-order chi connectivity index (χ1) is 7.22. The summed E-state index contributed by atoms with van der Waals surface area (Å²) < 4.78 is 0. The Hall–Kier alpha value is -0.510. The fourth-order valence-electron chi connectivity index (χ4n) is 1.52. The zero-order valence-electron chi connectivity index (χ0n) is 10.9. The van der Waals surface area contributed by atoms with Gasteiger partial charge in [-0.3, -0.25) is 4.79 Å². The largest absolute Gasteiger partial charge is 0.273 e. The molecule has 4 heteroatoms. The van der Waals surface area contributed by atoms with E-state index in [-0.39, 0.29) is 10.8 Å². The number of nitrogens with zero attached hydrogens (tertiary/aromatic N) is 2. The Morgan fingerprint density at radius 2 is 2.00 bits per heavy atom. The highest BCUT2D eigenvalue weighted by Crippen LogP contribution is 2.40. The van der Waals surface area contributed by atoms with E-state index in [1.807, 2.05) is 0 Å². The van der Waals surface area contributed by atoms with Crippen LogP contribution in [0.15, 0.2) is 5.10 Å². The van der Waals surface area contributed by atoms with Crippen LogP contribution in [-0.4, -0.2) is 21.3 Å². The molecule has 3 nitrogen and oxygen atoms in total. The summed E-state index contributed by atoms with van der Waals surface area (Å²) in [6.45, 7) is 10.8. The lowest BCUT2D eigenvalue weighted by Gasteiger charge is -2.35. The van der Waals surface area contributed by atoms with Crippen LogP contribution >= 0.6 is 11.8 Å². The SMILES string of the molecule is CC(C)(C)C.CC12CCCC(=O)N1N=CS2. The Kier molecular flexibility index (Phi) is 4.05. The first-order valence-electron chi connectivity index (χ1n) is 5.76. The summed E-state index contributed by atoms with van der Waals surface area (Å²) in [4.78, 5) is 11.2. The van der Waals surface area contributed by atoms with Gasteiger partial charge in [-0.05, 0) is 25.2 Å². The molecule has 92 valence electrons. The third-order valence-electron chi connectivity index (χ3n) is 2.18. The summed E-state index contributed by atoms with van der Waals surface area (Å²) >= 11 is 1.65. The minimum Gasteiger partial charge on any atom is -0.273 e. The van der Waals surface area contributed by atoms with E-state index >= 15 is 0 Å². The van der Waals surface area contributed by atoms with E-state index in [0.717, 1.165) is 12.8 Å². The summed E-state index contributed by atoms with van der Waals surface area (Å²) in [7, 11) is 0. The van der Waals surface area contributed by atoms with Gasteiger partial charge in [-0.1, -0.05) is 39.5 Å². The number of carbonyl (C=O) groups excluding carboxylic acids is 1. The second-order valence-electron chi connectivity index (χ2n) is 6.07. The zero-order chi connectivity index (χ0) is 12.4. The van der Waals surface area contributed by atoms with Crippen molar-refractivity contribution in [1.29, 1.82) is 0 Å². The van der Waals surface area contributed by atoms with Crippen LogP contribution < -0.4 is 0 Å². The highest BCUT2D eigenvalue weighted by Gasteiger charge is 2.41. The van der Waals surface area contributed by atoms with E-state index in [0.29, 0.717) is 11.8 Å². The lowest BCUT2D eigenvalue weighted by Crippen LogP contribution is -2.44. The molecule has 0 bridgehead atoms. The van der Waals surface area contributed by atoms with E-state index in [1.165, 1.54) is 0 Å². The van der Waals surface area contributed by atoms with E-state index in [2.05, 4.69) is 39.7 Å². The van der Waals surface area contributed by atoms with Crippen LogP contribution in [0.2, 0.25) is 0 Å². The van der Waals surface area contributed by atoms with E-state index in [1.54, 1.807) is 22.3 Å². The lowest BCUT2D eigenvalue weighted by molar-refractivity contribution is -0.136. The molecule has 0 aliphatic carbocycles.